The highest BCUT2D eigenvalue weighted by Gasteiger charge is 2.47. The van der Waals surface area contributed by atoms with Gasteiger partial charge in [0.1, 0.15) is 6.04 Å². The standard InChI is InChI=1S/C19H22N4O5/c1-10(2)21-14(24)9-20-12-6-4-5-11-16(12)19(28)23(17(11)26)13-7-8-15(25)22(3)18(13)27/h4-6,10,13,20H,7-9H2,1-3H3,(H,21,24). The highest BCUT2D eigenvalue weighted by Crippen LogP contribution is 2.33. The second-order valence-electron chi connectivity index (χ2n) is 7.13. The van der Waals surface area contributed by atoms with Gasteiger partial charge in [0.15, 0.2) is 0 Å². The maximum atomic E-state index is 13.0. The number of benzene rings is 1. The van der Waals surface area contributed by atoms with Crippen LogP contribution in [0.4, 0.5) is 5.69 Å². The fraction of sp³-hybridized carbons (Fsp3) is 0.421. The lowest BCUT2D eigenvalue weighted by molar-refractivity contribution is -0.149. The van der Waals surface area contributed by atoms with E-state index in [0.717, 1.165) is 9.80 Å². The van der Waals surface area contributed by atoms with Crippen LogP contribution in [-0.2, 0) is 14.4 Å². The molecule has 1 saturated heterocycles. The molecule has 0 spiro atoms. The first kappa shape index (κ1) is 19.5. The van der Waals surface area contributed by atoms with Crippen LogP contribution in [0.1, 0.15) is 47.4 Å². The van der Waals surface area contributed by atoms with Gasteiger partial charge in [-0.2, -0.15) is 0 Å². The highest BCUT2D eigenvalue weighted by molar-refractivity contribution is 6.25. The number of fused-ring (bicyclic) bond motifs is 1. The number of imide groups is 2. The van der Waals surface area contributed by atoms with Crippen molar-refractivity contribution in [2.45, 2.75) is 38.8 Å². The molecule has 1 aromatic rings. The maximum Gasteiger partial charge on any atom is 0.264 e. The average molecular weight is 386 g/mol. The molecule has 0 aliphatic carbocycles. The summed E-state index contributed by atoms with van der Waals surface area (Å²) in [6, 6.07) is 3.69. The topological polar surface area (TPSA) is 116 Å². The molecule has 9 nitrogen and oxygen atoms in total. The van der Waals surface area contributed by atoms with Crippen molar-refractivity contribution >= 4 is 35.2 Å². The SMILES string of the molecule is CC(C)NC(=O)CNc1cccc2c1C(=O)N(C1CCC(=O)N(C)C1=O)C2=O. The summed E-state index contributed by atoms with van der Waals surface area (Å²) in [6.45, 7) is 3.61. The van der Waals surface area contributed by atoms with Gasteiger partial charge >= 0.3 is 0 Å². The molecule has 1 aromatic carbocycles. The molecule has 0 saturated carbocycles. The van der Waals surface area contributed by atoms with Gasteiger partial charge in [-0.1, -0.05) is 6.07 Å². The van der Waals surface area contributed by atoms with E-state index in [1.807, 2.05) is 13.8 Å². The van der Waals surface area contributed by atoms with E-state index in [-0.39, 0.29) is 48.4 Å². The van der Waals surface area contributed by atoms with Gasteiger partial charge in [0.2, 0.25) is 11.8 Å². The Morgan fingerprint density at radius 1 is 1.18 bits per heavy atom. The third-order valence-electron chi connectivity index (χ3n) is 4.77. The number of hydrogen-bond donors (Lipinski definition) is 2. The molecule has 0 aromatic heterocycles. The number of piperidine rings is 1. The Morgan fingerprint density at radius 3 is 2.57 bits per heavy atom. The van der Waals surface area contributed by atoms with Gasteiger partial charge in [0.05, 0.1) is 17.7 Å². The van der Waals surface area contributed by atoms with Gasteiger partial charge < -0.3 is 10.6 Å². The van der Waals surface area contributed by atoms with Crippen LogP contribution in [0.3, 0.4) is 0 Å². The van der Waals surface area contributed by atoms with E-state index in [9.17, 15) is 24.0 Å². The van der Waals surface area contributed by atoms with E-state index in [2.05, 4.69) is 10.6 Å². The molecular weight excluding hydrogens is 364 g/mol. The zero-order chi connectivity index (χ0) is 20.6. The van der Waals surface area contributed by atoms with E-state index >= 15 is 0 Å². The van der Waals surface area contributed by atoms with Crippen molar-refractivity contribution in [3.05, 3.63) is 29.3 Å². The molecule has 1 unspecified atom stereocenters. The lowest BCUT2D eigenvalue weighted by atomic mass is 10.0. The van der Waals surface area contributed by atoms with Gasteiger partial charge in [-0.05, 0) is 32.4 Å². The molecule has 0 radical (unpaired) electrons. The van der Waals surface area contributed by atoms with Crippen molar-refractivity contribution in [2.24, 2.45) is 0 Å². The Hall–Kier alpha value is -3.23. The first-order chi connectivity index (χ1) is 13.2. The number of carbonyl (C=O) groups excluding carboxylic acids is 5. The smallest absolute Gasteiger partial charge is 0.264 e. The Labute approximate surface area is 162 Å². The zero-order valence-electron chi connectivity index (χ0n) is 15.9. The summed E-state index contributed by atoms with van der Waals surface area (Å²) in [5.74, 6) is -2.33. The summed E-state index contributed by atoms with van der Waals surface area (Å²) < 4.78 is 0. The summed E-state index contributed by atoms with van der Waals surface area (Å²) in [5, 5.41) is 5.62. The van der Waals surface area contributed by atoms with E-state index in [4.69, 9.17) is 0 Å². The van der Waals surface area contributed by atoms with Crippen molar-refractivity contribution in [3.63, 3.8) is 0 Å². The number of likely N-dealkylation sites (tertiary alicyclic amines) is 1. The normalized spacial score (nSPS) is 19.4. The van der Waals surface area contributed by atoms with E-state index in [1.54, 1.807) is 12.1 Å². The summed E-state index contributed by atoms with van der Waals surface area (Å²) in [4.78, 5) is 63.7. The maximum absolute atomic E-state index is 13.0. The molecule has 3 rings (SSSR count). The highest BCUT2D eigenvalue weighted by atomic mass is 16.2. The first-order valence-electron chi connectivity index (χ1n) is 9.07. The number of anilines is 1. The molecule has 1 atom stereocenters. The Morgan fingerprint density at radius 2 is 1.89 bits per heavy atom. The predicted molar refractivity (Wildman–Crippen MR) is 99.5 cm³/mol. The van der Waals surface area contributed by atoms with Crippen molar-refractivity contribution in [3.8, 4) is 0 Å². The molecule has 2 aliphatic heterocycles. The molecule has 28 heavy (non-hydrogen) atoms. The summed E-state index contributed by atoms with van der Waals surface area (Å²) >= 11 is 0. The van der Waals surface area contributed by atoms with Crippen LogP contribution in [0.5, 0.6) is 0 Å². The van der Waals surface area contributed by atoms with Crippen LogP contribution in [0.25, 0.3) is 0 Å². The van der Waals surface area contributed by atoms with Crippen molar-refractivity contribution in [1.29, 1.82) is 0 Å². The monoisotopic (exact) mass is 386 g/mol. The largest absolute Gasteiger partial charge is 0.375 e. The van der Waals surface area contributed by atoms with Crippen LogP contribution >= 0.6 is 0 Å². The number of likely N-dealkylation sites (N-methyl/N-ethyl adjacent to an activating group) is 1. The second-order valence-corrected chi connectivity index (χ2v) is 7.13. The van der Waals surface area contributed by atoms with Crippen molar-refractivity contribution in [2.75, 3.05) is 18.9 Å². The van der Waals surface area contributed by atoms with Crippen LogP contribution in [0.2, 0.25) is 0 Å². The summed E-state index contributed by atoms with van der Waals surface area (Å²) in [7, 11) is 1.34. The van der Waals surface area contributed by atoms with E-state index < -0.39 is 23.8 Å². The average Bonchev–Trinajstić information content (AvgIpc) is 2.89. The molecule has 2 N–H and O–H groups in total. The van der Waals surface area contributed by atoms with Crippen LogP contribution < -0.4 is 10.6 Å². The molecule has 0 bridgehead atoms. The number of rotatable bonds is 5. The van der Waals surface area contributed by atoms with Gasteiger partial charge in [-0.25, -0.2) is 0 Å². The Bertz CT molecular complexity index is 879. The van der Waals surface area contributed by atoms with Gasteiger partial charge in [-0.15, -0.1) is 0 Å². The Balaban J connectivity index is 1.85. The summed E-state index contributed by atoms with van der Waals surface area (Å²) in [6.07, 6.45) is 0.188. The predicted octanol–water partition coefficient (Wildman–Crippen LogP) is 0.367. The van der Waals surface area contributed by atoms with Crippen LogP contribution in [0, 0.1) is 0 Å². The van der Waals surface area contributed by atoms with Gasteiger partial charge in [0, 0.05) is 25.2 Å². The quantitative estimate of drug-likeness (QED) is 0.706. The number of nitrogens with zero attached hydrogens (tertiary/aromatic N) is 2. The fourth-order valence-electron chi connectivity index (χ4n) is 3.42. The van der Waals surface area contributed by atoms with Crippen LogP contribution in [0.15, 0.2) is 18.2 Å². The third kappa shape index (κ3) is 3.35. The number of hydrogen-bond acceptors (Lipinski definition) is 6. The number of carbonyl (C=O) groups is 5. The minimum absolute atomic E-state index is 0.0218. The molecule has 1 fully saturated rings. The van der Waals surface area contributed by atoms with Crippen LogP contribution in [-0.4, -0.2) is 65.0 Å². The lowest BCUT2D eigenvalue weighted by Gasteiger charge is -2.32. The zero-order valence-corrected chi connectivity index (χ0v) is 15.9. The Kier molecular flexibility index (Phi) is 5.17. The summed E-state index contributed by atoms with van der Waals surface area (Å²) in [5.41, 5.74) is 0.661. The third-order valence-corrected chi connectivity index (χ3v) is 4.77. The first-order valence-corrected chi connectivity index (χ1v) is 9.07. The molecule has 9 heteroatoms. The van der Waals surface area contributed by atoms with Gasteiger partial charge in [0.25, 0.3) is 17.7 Å². The van der Waals surface area contributed by atoms with Crippen molar-refractivity contribution < 1.29 is 24.0 Å². The molecule has 148 valence electrons. The molecule has 2 heterocycles. The van der Waals surface area contributed by atoms with E-state index in [0.29, 0.717) is 5.69 Å². The van der Waals surface area contributed by atoms with Gasteiger partial charge in [-0.3, -0.25) is 33.8 Å². The second kappa shape index (κ2) is 7.41. The van der Waals surface area contributed by atoms with Crippen molar-refractivity contribution in [1.82, 2.24) is 15.1 Å². The minimum atomic E-state index is -1.01. The molecule has 2 aliphatic rings. The number of amides is 5. The minimum Gasteiger partial charge on any atom is -0.375 e. The molecular formula is C19H22N4O5. The lowest BCUT2D eigenvalue weighted by Crippen LogP contribution is -2.54. The number of nitrogens with one attached hydrogen (secondary N) is 2. The van der Waals surface area contributed by atoms with E-state index in [1.165, 1.54) is 13.1 Å². The fourth-order valence-corrected chi connectivity index (χ4v) is 3.42. The molecule has 5 amide bonds.